The molecule has 0 heterocycles. The number of carbonyl (C=O) groups is 3. The van der Waals surface area contributed by atoms with E-state index in [1.54, 1.807) is 37.4 Å². The number of unbranched alkanes of at least 4 members (excludes halogenated alkanes) is 2. The van der Waals surface area contributed by atoms with Crippen molar-refractivity contribution in [2.24, 2.45) is 0 Å². The quantitative estimate of drug-likeness (QED) is 0.349. The van der Waals surface area contributed by atoms with Crippen LogP contribution in [-0.2, 0) is 14.3 Å². The molecule has 2 atom stereocenters. The summed E-state index contributed by atoms with van der Waals surface area (Å²) in [5, 5.41) is 5.85. The van der Waals surface area contributed by atoms with Gasteiger partial charge in [-0.15, -0.1) is 0 Å². The second-order valence-electron chi connectivity index (χ2n) is 11.3. The summed E-state index contributed by atoms with van der Waals surface area (Å²) >= 11 is 1.60. The van der Waals surface area contributed by atoms with Crippen LogP contribution in [0.1, 0.15) is 91.3 Å². The molecule has 0 bridgehead atoms. The van der Waals surface area contributed by atoms with Crippen LogP contribution >= 0.6 is 11.8 Å². The molecule has 0 fully saturated rings. The average Bonchev–Trinajstić information content (AvgIpc) is 2.74. The summed E-state index contributed by atoms with van der Waals surface area (Å²) in [5.41, 5.74) is 0.662. The van der Waals surface area contributed by atoms with Gasteiger partial charge in [-0.3, -0.25) is 9.59 Å². The second kappa shape index (κ2) is 14.5. The van der Waals surface area contributed by atoms with Crippen LogP contribution in [0.2, 0.25) is 0 Å². The fraction of sp³-hybridized carbons (Fsp3) is 0.679. The number of nitrogens with one attached hydrogen (secondary N) is 2. The zero-order valence-corrected chi connectivity index (χ0v) is 24.5. The van der Waals surface area contributed by atoms with Crippen LogP contribution in [0.3, 0.4) is 0 Å². The molecule has 0 saturated carbocycles. The van der Waals surface area contributed by atoms with Crippen molar-refractivity contribution in [2.45, 2.75) is 104 Å². The highest BCUT2D eigenvalue weighted by atomic mass is 32.2. The molecule has 7 nitrogen and oxygen atoms in total. The van der Waals surface area contributed by atoms with Crippen molar-refractivity contribution in [2.75, 3.05) is 18.6 Å². The van der Waals surface area contributed by atoms with Crippen molar-refractivity contribution in [3.05, 3.63) is 35.4 Å². The maximum Gasteiger partial charge on any atom is 0.408 e. The van der Waals surface area contributed by atoms with E-state index in [9.17, 15) is 14.4 Å². The van der Waals surface area contributed by atoms with E-state index in [2.05, 4.69) is 17.6 Å². The molecule has 0 spiro atoms. The number of carbonyl (C=O) groups excluding carboxylic acids is 3. The third-order valence-corrected chi connectivity index (χ3v) is 5.98. The lowest BCUT2D eigenvalue weighted by Crippen LogP contribution is -2.55. The molecule has 2 unspecified atom stereocenters. The van der Waals surface area contributed by atoms with Crippen molar-refractivity contribution in [1.82, 2.24) is 15.5 Å². The fourth-order valence-electron chi connectivity index (χ4n) is 3.70. The molecule has 3 amide bonds. The van der Waals surface area contributed by atoms with Gasteiger partial charge in [0.2, 0.25) is 11.8 Å². The molecule has 0 aliphatic rings. The van der Waals surface area contributed by atoms with Crippen molar-refractivity contribution in [3.8, 4) is 0 Å². The number of alkyl carbamates (subject to hydrolysis) is 1. The smallest absolute Gasteiger partial charge is 0.408 e. The summed E-state index contributed by atoms with van der Waals surface area (Å²) in [6, 6.07) is 6.09. The molecule has 0 aliphatic carbocycles. The van der Waals surface area contributed by atoms with Crippen LogP contribution in [0.5, 0.6) is 0 Å². The van der Waals surface area contributed by atoms with Crippen molar-refractivity contribution in [3.63, 3.8) is 0 Å². The topological polar surface area (TPSA) is 87.7 Å². The van der Waals surface area contributed by atoms with Gasteiger partial charge in [-0.1, -0.05) is 49.6 Å². The minimum atomic E-state index is -0.814. The minimum absolute atomic E-state index is 0.239. The number of benzene rings is 1. The lowest BCUT2D eigenvalue weighted by molar-refractivity contribution is -0.143. The molecular formula is C28H47N3O4S. The Morgan fingerprint density at radius 2 is 1.64 bits per heavy atom. The fourth-order valence-corrected chi connectivity index (χ4v) is 4.17. The molecule has 0 aromatic heterocycles. The zero-order valence-electron chi connectivity index (χ0n) is 23.7. The molecule has 1 rings (SSSR count). The van der Waals surface area contributed by atoms with E-state index in [1.165, 1.54) is 0 Å². The Balaban J connectivity index is 3.46. The van der Waals surface area contributed by atoms with E-state index in [1.807, 2.05) is 58.2 Å². The Morgan fingerprint density at radius 1 is 1.03 bits per heavy atom. The Morgan fingerprint density at radius 3 is 2.14 bits per heavy atom. The Labute approximate surface area is 222 Å². The van der Waals surface area contributed by atoms with Crippen LogP contribution in [-0.4, -0.2) is 58.5 Å². The summed E-state index contributed by atoms with van der Waals surface area (Å²) in [5.74, 6) is 0.163. The predicted molar refractivity (Wildman–Crippen MR) is 149 cm³/mol. The number of amides is 3. The lowest BCUT2D eigenvalue weighted by atomic mass is 9.99. The third-order valence-electron chi connectivity index (χ3n) is 5.34. The number of rotatable bonds is 12. The standard InChI is InChI=1S/C28H47N3O4S/c1-10-11-12-18-31(25(33)22(17-19-36-9)29-26(34)35-28(6,7)8)23(24(32)30-27(3,4)5)21-15-13-20(2)14-16-21/h13-16,22-23H,10-12,17-19H2,1-9H3,(H,29,34)(H,30,32). The average molecular weight is 522 g/mol. The molecular weight excluding hydrogens is 474 g/mol. The van der Waals surface area contributed by atoms with Gasteiger partial charge in [0.1, 0.15) is 17.7 Å². The van der Waals surface area contributed by atoms with E-state index in [0.29, 0.717) is 18.7 Å². The van der Waals surface area contributed by atoms with Crippen LogP contribution < -0.4 is 10.6 Å². The molecule has 0 radical (unpaired) electrons. The number of ether oxygens (including phenoxy) is 1. The minimum Gasteiger partial charge on any atom is -0.444 e. The molecule has 0 aliphatic heterocycles. The monoisotopic (exact) mass is 521 g/mol. The molecule has 1 aromatic carbocycles. The Bertz CT molecular complexity index is 844. The third kappa shape index (κ3) is 11.7. The van der Waals surface area contributed by atoms with Gasteiger partial charge >= 0.3 is 6.09 Å². The van der Waals surface area contributed by atoms with E-state index in [-0.39, 0.29) is 11.8 Å². The van der Waals surface area contributed by atoms with Crippen molar-refractivity contribution < 1.29 is 19.1 Å². The van der Waals surface area contributed by atoms with E-state index in [4.69, 9.17) is 4.74 Å². The maximum absolute atomic E-state index is 14.1. The van der Waals surface area contributed by atoms with Crippen molar-refractivity contribution in [1.29, 1.82) is 0 Å². The van der Waals surface area contributed by atoms with Crippen LogP contribution in [0, 0.1) is 6.92 Å². The number of aryl methyl sites for hydroxylation is 1. The molecule has 2 N–H and O–H groups in total. The number of nitrogens with zero attached hydrogens (tertiary/aromatic N) is 1. The van der Waals surface area contributed by atoms with Gasteiger partial charge in [0.05, 0.1) is 0 Å². The maximum atomic E-state index is 14.1. The largest absolute Gasteiger partial charge is 0.444 e. The summed E-state index contributed by atoms with van der Waals surface area (Å²) in [6.07, 6.45) is 4.43. The second-order valence-corrected chi connectivity index (χ2v) is 12.3. The first-order valence-corrected chi connectivity index (χ1v) is 14.3. The molecule has 204 valence electrons. The van der Waals surface area contributed by atoms with Gasteiger partial charge < -0.3 is 20.3 Å². The van der Waals surface area contributed by atoms with E-state index < -0.39 is 29.3 Å². The van der Waals surface area contributed by atoms with Crippen molar-refractivity contribution >= 4 is 29.7 Å². The van der Waals surface area contributed by atoms with Gasteiger partial charge in [0, 0.05) is 12.1 Å². The highest BCUT2D eigenvalue weighted by Crippen LogP contribution is 2.25. The predicted octanol–water partition coefficient (Wildman–Crippen LogP) is 5.62. The summed E-state index contributed by atoms with van der Waals surface area (Å²) in [4.78, 5) is 42.0. The van der Waals surface area contributed by atoms with Gasteiger partial charge in [-0.2, -0.15) is 11.8 Å². The first-order chi connectivity index (χ1) is 16.7. The van der Waals surface area contributed by atoms with Gasteiger partial charge in [-0.05, 0) is 78.9 Å². The lowest BCUT2D eigenvalue weighted by Gasteiger charge is -2.36. The van der Waals surface area contributed by atoms with Gasteiger partial charge in [0.15, 0.2) is 0 Å². The highest BCUT2D eigenvalue weighted by Gasteiger charge is 2.36. The Kier molecular flexibility index (Phi) is 12.8. The first-order valence-electron chi connectivity index (χ1n) is 12.9. The number of hydrogen-bond acceptors (Lipinski definition) is 5. The molecule has 0 saturated heterocycles. The van der Waals surface area contributed by atoms with Crippen LogP contribution in [0.25, 0.3) is 0 Å². The van der Waals surface area contributed by atoms with Crippen LogP contribution in [0.15, 0.2) is 24.3 Å². The van der Waals surface area contributed by atoms with Crippen LogP contribution in [0.4, 0.5) is 4.79 Å². The van der Waals surface area contributed by atoms with Gasteiger partial charge in [0.25, 0.3) is 0 Å². The van der Waals surface area contributed by atoms with Gasteiger partial charge in [-0.25, -0.2) is 4.79 Å². The first kappa shape index (κ1) is 31.8. The molecule has 36 heavy (non-hydrogen) atoms. The SMILES string of the molecule is CCCCCN(C(=O)C(CCSC)NC(=O)OC(C)(C)C)C(C(=O)NC(C)(C)C)c1ccc(C)cc1. The summed E-state index contributed by atoms with van der Waals surface area (Å²) in [7, 11) is 0. The molecule has 8 heteroatoms. The summed E-state index contributed by atoms with van der Waals surface area (Å²) in [6.45, 7) is 15.6. The van der Waals surface area contributed by atoms with E-state index >= 15 is 0 Å². The molecule has 1 aromatic rings. The Hall–Kier alpha value is -2.22. The number of hydrogen-bond donors (Lipinski definition) is 2. The normalized spacial score (nSPS) is 13.5. The van der Waals surface area contributed by atoms with E-state index in [0.717, 1.165) is 30.4 Å². The number of thioether (sulfide) groups is 1. The summed E-state index contributed by atoms with van der Waals surface area (Å²) < 4.78 is 5.44. The highest BCUT2D eigenvalue weighted by molar-refractivity contribution is 7.98. The zero-order chi connectivity index (χ0) is 27.5.